The molecule has 0 spiro atoms. The fourth-order valence-corrected chi connectivity index (χ4v) is 2.51. The zero-order chi connectivity index (χ0) is 15.2. The van der Waals surface area contributed by atoms with Crippen molar-refractivity contribution in [1.82, 2.24) is 10.2 Å². The molecule has 21 heavy (non-hydrogen) atoms. The Morgan fingerprint density at radius 3 is 2.90 bits per heavy atom. The Bertz CT molecular complexity index is 523. The Kier molecular flexibility index (Phi) is 5.30. The van der Waals surface area contributed by atoms with Crippen molar-refractivity contribution in [2.75, 3.05) is 38.0 Å². The smallest absolute Gasteiger partial charge is 0.338 e. The number of benzene rings is 1. The van der Waals surface area contributed by atoms with Crippen molar-refractivity contribution in [3.05, 3.63) is 29.3 Å². The third kappa shape index (κ3) is 4.27. The molecule has 1 fully saturated rings. The van der Waals surface area contributed by atoms with Crippen LogP contribution >= 0.6 is 0 Å². The lowest BCUT2D eigenvalue weighted by atomic mass is 10.1. The first-order valence-electron chi connectivity index (χ1n) is 7.14. The molecule has 0 aliphatic carbocycles. The van der Waals surface area contributed by atoms with Gasteiger partial charge in [-0.05, 0) is 38.1 Å². The molecule has 3 N–H and O–H groups in total. The van der Waals surface area contributed by atoms with E-state index in [2.05, 4.69) is 15.5 Å². The Balaban J connectivity index is 2.02. The molecule has 0 aromatic heterocycles. The maximum Gasteiger partial charge on any atom is 0.338 e. The van der Waals surface area contributed by atoms with Gasteiger partial charge in [-0.15, -0.1) is 0 Å². The number of carbonyl (C=O) groups is 2. The van der Waals surface area contributed by atoms with E-state index in [9.17, 15) is 14.7 Å². The number of carboxylic acid groups (broad SMARTS) is 1. The van der Waals surface area contributed by atoms with Gasteiger partial charge in [-0.2, -0.15) is 0 Å². The van der Waals surface area contributed by atoms with Crippen LogP contribution in [0.1, 0.15) is 22.3 Å². The summed E-state index contributed by atoms with van der Waals surface area (Å²) in [4.78, 5) is 25.5. The summed E-state index contributed by atoms with van der Waals surface area (Å²) in [5.74, 6) is -1.20. The van der Waals surface area contributed by atoms with E-state index in [0.717, 1.165) is 32.6 Å². The van der Waals surface area contributed by atoms with Crippen molar-refractivity contribution < 1.29 is 14.7 Å². The van der Waals surface area contributed by atoms with E-state index in [1.54, 1.807) is 25.1 Å². The molecular formula is C15H21N3O3. The minimum absolute atomic E-state index is 0.156. The SMILES string of the molecule is Cc1cccc(NC(=O)CN2CCCNCC2)c1C(=O)O. The summed E-state index contributed by atoms with van der Waals surface area (Å²) >= 11 is 0. The van der Waals surface area contributed by atoms with E-state index in [1.165, 1.54) is 0 Å². The van der Waals surface area contributed by atoms with Crippen LogP contribution in [-0.4, -0.2) is 54.6 Å². The average Bonchev–Trinajstić information content (AvgIpc) is 2.66. The third-order valence-electron chi connectivity index (χ3n) is 3.56. The molecule has 1 aliphatic rings. The van der Waals surface area contributed by atoms with Gasteiger partial charge in [0.2, 0.25) is 5.91 Å². The summed E-state index contributed by atoms with van der Waals surface area (Å²) in [5.41, 5.74) is 1.16. The molecule has 0 bridgehead atoms. The van der Waals surface area contributed by atoms with Crippen LogP contribution in [0.3, 0.4) is 0 Å². The standard InChI is InChI=1S/C15H21N3O3/c1-11-4-2-5-12(14(11)15(20)21)17-13(19)10-18-8-3-6-16-7-9-18/h2,4-5,16H,3,6-10H2,1H3,(H,17,19)(H,20,21). The largest absolute Gasteiger partial charge is 0.478 e. The highest BCUT2D eigenvalue weighted by Crippen LogP contribution is 2.19. The van der Waals surface area contributed by atoms with Crippen LogP contribution < -0.4 is 10.6 Å². The molecule has 1 aromatic rings. The predicted octanol–water partition coefficient (Wildman–Crippen LogP) is 0.927. The normalized spacial score (nSPS) is 16.2. The van der Waals surface area contributed by atoms with Crippen LogP contribution in [0.4, 0.5) is 5.69 Å². The molecule has 1 heterocycles. The number of carboxylic acids is 1. The topological polar surface area (TPSA) is 81.7 Å². The predicted molar refractivity (Wildman–Crippen MR) is 80.7 cm³/mol. The maximum absolute atomic E-state index is 12.1. The zero-order valence-electron chi connectivity index (χ0n) is 12.2. The molecular weight excluding hydrogens is 270 g/mol. The maximum atomic E-state index is 12.1. The highest BCUT2D eigenvalue weighted by Gasteiger charge is 2.17. The van der Waals surface area contributed by atoms with Crippen LogP contribution in [0.25, 0.3) is 0 Å². The lowest BCUT2D eigenvalue weighted by molar-refractivity contribution is -0.117. The summed E-state index contributed by atoms with van der Waals surface area (Å²) in [5, 5.41) is 15.2. The van der Waals surface area contributed by atoms with Crippen molar-refractivity contribution in [3.63, 3.8) is 0 Å². The number of amides is 1. The molecule has 6 heteroatoms. The van der Waals surface area contributed by atoms with Crippen molar-refractivity contribution in [3.8, 4) is 0 Å². The minimum Gasteiger partial charge on any atom is -0.478 e. The van der Waals surface area contributed by atoms with Crippen LogP contribution in [-0.2, 0) is 4.79 Å². The highest BCUT2D eigenvalue weighted by molar-refractivity contribution is 6.02. The quantitative estimate of drug-likeness (QED) is 0.769. The molecule has 114 valence electrons. The van der Waals surface area contributed by atoms with E-state index in [1.807, 2.05) is 0 Å². The van der Waals surface area contributed by atoms with Gasteiger partial charge in [0.05, 0.1) is 17.8 Å². The number of aryl methyl sites for hydroxylation is 1. The van der Waals surface area contributed by atoms with Gasteiger partial charge in [-0.3, -0.25) is 9.69 Å². The van der Waals surface area contributed by atoms with Crippen molar-refractivity contribution in [2.24, 2.45) is 0 Å². The summed E-state index contributed by atoms with van der Waals surface area (Å²) in [6, 6.07) is 5.09. The Labute approximate surface area is 124 Å². The zero-order valence-corrected chi connectivity index (χ0v) is 12.2. The Morgan fingerprint density at radius 2 is 2.14 bits per heavy atom. The first kappa shape index (κ1) is 15.5. The second-order valence-corrected chi connectivity index (χ2v) is 5.23. The van der Waals surface area contributed by atoms with E-state index in [4.69, 9.17) is 0 Å². The van der Waals surface area contributed by atoms with Crippen LogP contribution in [0.2, 0.25) is 0 Å². The number of rotatable bonds is 4. The number of hydrogen-bond donors (Lipinski definition) is 3. The fourth-order valence-electron chi connectivity index (χ4n) is 2.51. The molecule has 0 radical (unpaired) electrons. The molecule has 1 aromatic carbocycles. The van der Waals surface area contributed by atoms with E-state index < -0.39 is 5.97 Å². The van der Waals surface area contributed by atoms with Crippen LogP contribution in [0.15, 0.2) is 18.2 Å². The highest BCUT2D eigenvalue weighted by atomic mass is 16.4. The summed E-state index contributed by atoms with van der Waals surface area (Å²) in [7, 11) is 0. The number of aromatic carboxylic acids is 1. The molecule has 1 saturated heterocycles. The molecule has 1 amide bonds. The lowest BCUT2D eigenvalue weighted by Crippen LogP contribution is -2.35. The molecule has 0 saturated carbocycles. The monoisotopic (exact) mass is 291 g/mol. The second kappa shape index (κ2) is 7.19. The Hall–Kier alpha value is -1.92. The molecule has 6 nitrogen and oxygen atoms in total. The molecule has 0 atom stereocenters. The Morgan fingerprint density at radius 1 is 1.33 bits per heavy atom. The van der Waals surface area contributed by atoms with Gasteiger partial charge in [-0.1, -0.05) is 12.1 Å². The minimum atomic E-state index is -1.03. The van der Waals surface area contributed by atoms with Gasteiger partial charge in [-0.25, -0.2) is 4.79 Å². The lowest BCUT2D eigenvalue weighted by Gasteiger charge is -2.19. The summed E-state index contributed by atoms with van der Waals surface area (Å²) < 4.78 is 0. The number of nitrogens with one attached hydrogen (secondary N) is 2. The van der Waals surface area contributed by atoms with Gasteiger partial charge in [0, 0.05) is 13.1 Å². The second-order valence-electron chi connectivity index (χ2n) is 5.23. The van der Waals surface area contributed by atoms with Gasteiger partial charge >= 0.3 is 5.97 Å². The number of hydrogen-bond acceptors (Lipinski definition) is 4. The van der Waals surface area contributed by atoms with Crippen LogP contribution in [0, 0.1) is 6.92 Å². The summed E-state index contributed by atoms with van der Waals surface area (Å²) in [6.45, 7) is 5.55. The number of carbonyl (C=O) groups excluding carboxylic acids is 1. The molecule has 2 rings (SSSR count). The average molecular weight is 291 g/mol. The number of anilines is 1. The summed E-state index contributed by atoms with van der Waals surface area (Å²) in [6.07, 6.45) is 1.01. The molecule has 1 aliphatic heterocycles. The number of nitrogens with zero attached hydrogens (tertiary/aromatic N) is 1. The first-order chi connectivity index (χ1) is 10.1. The van der Waals surface area contributed by atoms with Crippen molar-refractivity contribution in [2.45, 2.75) is 13.3 Å². The van der Waals surface area contributed by atoms with Gasteiger partial charge in [0.15, 0.2) is 0 Å². The van der Waals surface area contributed by atoms with Gasteiger partial charge < -0.3 is 15.7 Å². The van der Waals surface area contributed by atoms with E-state index in [-0.39, 0.29) is 18.0 Å². The van der Waals surface area contributed by atoms with Gasteiger partial charge in [0.25, 0.3) is 0 Å². The van der Waals surface area contributed by atoms with Crippen molar-refractivity contribution >= 4 is 17.6 Å². The van der Waals surface area contributed by atoms with Crippen molar-refractivity contribution in [1.29, 1.82) is 0 Å². The van der Waals surface area contributed by atoms with E-state index in [0.29, 0.717) is 11.3 Å². The van der Waals surface area contributed by atoms with Gasteiger partial charge in [0.1, 0.15) is 0 Å². The third-order valence-corrected chi connectivity index (χ3v) is 3.56. The first-order valence-corrected chi connectivity index (χ1v) is 7.14. The fraction of sp³-hybridized carbons (Fsp3) is 0.467. The van der Waals surface area contributed by atoms with E-state index >= 15 is 0 Å². The van der Waals surface area contributed by atoms with Crippen LogP contribution in [0.5, 0.6) is 0 Å². The molecule has 0 unspecified atom stereocenters.